The molecule has 0 fully saturated rings. The lowest BCUT2D eigenvalue weighted by atomic mass is 10.1. The molecule has 0 amide bonds. The van der Waals surface area contributed by atoms with Crippen LogP contribution in [0.4, 0.5) is 0 Å². The first kappa shape index (κ1) is 11.3. The van der Waals surface area contributed by atoms with Gasteiger partial charge in [0.05, 0.1) is 6.26 Å². The number of hydrogen-bond acceptors (Lipinski definition) is 2. The Morgan fingerprint density at radius 1 is 0.941 bits per heavy atom. The predicted octanol–water partition coefficient (Wildman–Crippen LogP) is 3.63. The third-order valence-corrected chi connectivity index (χ3v) is 2.38. The molecular formula is C15H14O2. The second kappa shape index (κ2) is 5.75. The highest BCUT2D eigenvalue weighted by molar-refractivity contribution is 5.87. The van der Waals surface area contributed by atoms with Crippen molar-refractivity contribution in [3.05, 3.63) is 67.0 Å². The Balaban J connectivity index is 0.000000153. The first-order valence-corrected chi connectivity index (χ1v) is 5.48. The summed E-state index contributed by atoms with van der Waals surface area (Å²) in [5.41, 5.74) is 0. The Hall–Kier alpha value is -2.22. The van der Waals surface area contributed by atoms with E-state index in [4.69, 9.17) is 4.74 Å². The number of rotatable bonds is 0. The maximum atomic E-state index is 9.37. The summed E-state index contributed by atoms with van der Waals surface area (Å²) in [5, 5.41) is 11.4. The van der Waals surface area contributed by atoms with Crippen LogP contribution in [0.25, 0.3) is 10.8 Å². The van der Waals surface area contributed by atoms with E-state index in [1.165, 1.54) is 0 Å². The minimum Gasteiger partial charge on any atom is -0.507 e. The van der Waals surface area contributed by atoms with Gasteiger partial charge in [-0.25, -0.2) is 0 Å². The molecule has 0 aromatic heterocycles. The van der Waals surface area contributed by atoms with Gasteiger partial charge in [-0.1, -0.05) is 42.5 Å². The van der Waals surface area contributed by atoms with Crippen molar-refractivity contribution in [2.75, 3.05) is 6.61 Å². The fraction of sp³-hybridized carbons (Fsp3) is 0.0667. The SMILES string of the molecule is C1=CCOC=C1.Oc1cccc2ccccc12. The normalized spacial score (nSPS) is 12.7. The van der Waals surface area contributed by atoms with Crippen LogP contribution in [0.15, 0.2) is 67.0 Å². The first-order chi connectivity index (χ1) is 8.38. The highest BCUT2D eigenvalue weighted by atomic mass is 16.5. The lowest BCUT2D eigenvalue weighted by Gasteiger charge is -1.97. The minimum atomic E-state index is 0.350. The Bertz CT molecular complexity index is 524. The number of phenolic OH excluding ortho intramolecular Hbond substituents is 1. The second-order valence-electron chi connectivity index (χ2n) is 3.59. The number of phenols is 1. The molecule has 17 heavy (non-hydrogen) atoms. The predicted molar refractivity (Wildman–Crippen MR) is 69.8 cm³/mol. The summed E-state index contributed by atoms with van der Waals surface area (Å²) in [5.74, 6) is 0.350. The van der Waals surface area contributed by atoms with Gasteiger partial charge in [-0.15, -0.1) is 0 Å². The first-order valence-electron chi connectivity index (χ1n) is 5.48. The van der Waals surface area contributed by atoms with Crippen molar-refractivity contribution >= 4 is 10.8 Å². The van der Waals surface area contributed by atoms with Crippen LogP contribution in [0.2, 0.25) is 0 Å². The molecule has 0 unspecified atom stereocenters. The van der Waals surface area contributed by atoms with Crippen molar-refractivity contribution in [3.63, 3.8) is 0 Å². The van der Waals surface area contributed by atoms with E-state index < -0.39 is 0 Å². The summed E-state index contributed by atoms with van der Waals surface area (Å²) in [6.45, 7) is 0.733. The summed E-state index contributed by atoms with van der Waals surface area (Å²) in [6, 6.07) is 13.3. The molecule has 1 N–H and O–H groups in total. The van der Waals surface area contributed by atoms with Crippen LogP contribution >= 0.6 is 0 Å². The molecule has 0 saturated carbocycles. The molecule has 2 nitrogen and oxygen atoms in total. The third kappa shape index (κ3) is 3.11. The number of aromatic hydroxyl groups is 1. The van der Waals surface area contributed by atoms with Crippen LogP contribution in [0, 0.1) is 0 Å². The van der Waals surface area contributed by atoms with Gasteiger partial charge in [-0.3, -0.25) is 0 Å². The topological polar surface area (TPSA) is 29.5 Å². The van der Waals surface area contributed by atoms with Gasteiger partial charge in [0, 0.05) is 5.39 Å². The standard InChI is InChI=1S/C10H8O.C5H6O/c11-10-7-3-5-8-4-1-2-6-9(8)10;1-2-4-6-5-3-1/h1-7,11H;1-4H,5H2. The summed E-state index contributed by atoms with van der Waals surface area (Å²) in [4.78, 5) is 0. The van der Waals surface area contributed by atoms with E-state index in [-0.39, 0.29) is 0 Å². The maximum Gasteiger partial charge on any atom is 0.123 e. The molecule has 86 valence electrons. The summed E-state index contributed by atoms with van der Waals surface area (Å²) in [6.07, 6.45) is 7.47. The van der Waals surface area contributed by atoms with Crippen molar-refractivity contribution in [1.82, 2.24) is 0 Å². The molecule has 1 heterocycles. The van der Waals surface area contributed by atoms with Crippen LogP contribution in [0.3, 0.4) is 0 Å². The molecule has 0 spiro atoms. The average molecular weight is 226 g/mol. The van der Waals surface area contributed by atoms with Crippen molar-refractivity contribution in [2.24, 2.45) is 0 Å². The number of ether oxygens (including phenoxy) is 1. The Morgan fingerprint density at radius 2 is 1.76 bits per heavy atom. The minimum absolute atomic E-state index is 0.350. The lowest BCUT2D eigenvalue weighted by molar-refractivity contribution is 0.286. The molecule has 0 atom stereocenters. The summed E-state index contributed by atoms with van der Waals surface area (Å²) >= 11 is 0. The monoisotopic (exact) mass is 226 g/mol. The second-order valence-corrected chi connectivity index (χ2v) is 3.59. The van der Waals surface area contributed by atoms with Crippen molar-refractivity contribution < 1.29 is 9.84 Å². The number of benzene rings is 2. The molecule has 0 saturated heterocycles. The average Bonchev–Trinajstić information content (AvgIpc) is 2.42. The highest BCUT2D eigenvalue weighted by Gasteiger charge is 1.94. The van der Waals surface area contributed by atoms with Crippen LogP contribution in [0.5, 0.6) is 5.75 Å². The van der Waals surface area contributed by atoms with E-state index >= 15 is 0 Å². The fourth-order valence-corrected chi connectivity index (χ4v) is 1.55. The van der Waals surface area contributed by atoms with Gasteiger partial charge in [0.25, 0.3) is 0 Å². The molecule has 3 rings (SSSR count). The fourth-order valence-electron chi connectivity index (χ4n) is 1.55. The van der Waals surface area contributed by atoms with E-state index in [2.05, 4.69) is 0 Å². The lowest BCUT2D eigenvalue weighted by Crippen LogP contribution is -1.82. The number of fused-ring (bicyclic) bond motifs is 1. The van der Waals surface area contributed by atoms with Crippen LogP contribution in [-0.2, 0) is 4.74 Å². The van der Waals surface area contributed by atoms with Gasteiger partial charge < -0.3 is 9.84 Å². The third-order valence-electron chi connectivity index (χ3n) is 2.38. The number of allylic oxidation sites excluding steroid dienone is 2. The summed E-state index contributed by atoms with van der Waals surface area (Å²) < 4.78 is 4.80. The van der Waals surface area contributed by atoms with Crippen LogP contribution in [0.1, 0.15) is 0 Å². The van der Waals surface area contributed by atoms with Crippen molar-refractivity contribution in [1.29, 1.82) is 0 Å². The van der Waals surface area contributed by atoms with Crippen molar-refractivity contribution in [3.8, 4) is 5.75 Å². The van der Waals surface area contributed by atoms with Gasteiger partial charge >= 0.3 is 0 Å². The smallest absolute Gasteiger partial charge is 0.123 e. The summed E-state index contributed by atoms with van der Waals surface area (Å²) in [7, 11) is 0. The molecular weight excluding hydrogens is 212 g/mol. The van der Waals surface area contributed by atoms with Crippen LogP contribution in [-0.4, -0.2) is 11.7 Å². The van der Waals surface area contributed by atoms with Gasteiger partial charge in [-0.2, -0.15) is 0 Å². The largest absolute Gasteiger partial charge is 0.507 e. The van der Waals surface area contributed by atoms with Gasteiger partial charge in [-0.05, 0) is 23.6 Å². The number of hydrogen-bond donors (Lipinski definition) is 1. The molecule has 0 radical (unpaired) electrons. The van der Waals surface area contributed by atoms with E-state index in [0.717, 1.165) is 17.4 Å². The zero-order valence-electron chi connectivity index (χ0n) is 9.41. The Labute approximate surface area is 100 Å². The molecule has 1 aliphatic heterocycles. The zero-order chi connectivity index (χ0) is 11.9. The van der Waals surface area contributed by atoms with Gasteiger partial charge in [0.15, 0.2) is 0 Å². The van der Waals surface area contributed by atoms with Gasteiger partial charge in [0.2, 0.25) is 0 Å². The van der Waals surface area contributed by atoms with Crippen LogP contribution < -0.4 is 0 Å². The Kier molecular flexibility index (Phi) is 3.81. The quantitative estimate of drug-likeness (QED) is 0.743. The van der Waals surface area contributed by atoms with E-state index in [0.29, 0.717) is 5.75 Å². The zero-order valence-corrected chi connectivity index (χ0v) is 9.41. The molecule has 0 aliphatic carbocycles. The van der Waals surface area contributed by atoms with E-state index in [1.54, 1.807) is 12.3 Å². The van der Waals surface area contributed by atoms with Gasteiger partial charge in [0.1, 0.15) is 12.4 Å². The van der Waals surface area contributed by atoms with E-state index in [1.807, 2.05) is 54.6 Å². The molecule has 2 aromatic rings. The molecule has 0 bridgehead atoms. The molecule has 2 heteroatoms. The highest BCUT2D eigenvalue weighted by Crippen LogP contribution is 2.22. The molecule has 1 aliphatic rings. The Morgan fingerprint density at radius 3 is 2.35 bits per heavy atom. The maximum absolute atomic E-state index is 9.37. The molecule has 2 aromatic carbocycles. The van der Waals surface area contributed by atoms with Crippen molar-refractivity contribution in [2.45, 2.75) is 0 Å². The van der Waals surface area contributed by atoms with E-state index in [9.17, 15) is 5.11 Å².